The fourth-order valence-electron chi connectivity index (χ4n) is 2.54. The van der Waals surface area contributed by atoms with Gasteiger partial charge in [-0.1, -0.05) is 42.6 Å². The molecule has 5 heteroatoms. The van der Waals surface area contributed by atoms with Crippen molar-refractivity contribution in [2.45, 2.75) is 33.6 Å². The molecule has 0 aliphatic rings. The van der Waals surface area contributed by atoms with Gasteiger partial charge in [0.2, 0.25) is 0 Å². The number of nitriles is 1. The highest BCUT2D eigenvalue weighted by atomic mass is 35.5. The second kappa shape index (κ2) is 9.80. The van der Waals surface area contributed by atoms with Crippen LogP contribution in [0.25, 0.3) is 6.08 Å². The number of amides is 1. The highest BCUT2D eigenvalue weighted by molar-refractivity contribution is 6.30. The predicted molar refractivity (Wildman–Crippen MR) is 110 cm³/mol. The molecule has 0 aromatic heterocycles. The van der Waals surface area contributed by atoms with Crippen LogP contribution < -0.4 is 10.1 Å². The number of unbranched alkanes of at least 4 members (excludes halogenated alkanes) is 1. The van der Waals surface area contributed by atoms with Gasteiger partial charge >= 0.3 is 0 Å². The van der Waals surface area contributed by atoms with E-state index in [1.54, 1.807) is 18.2 Å². The Morgan fingerprint density at radius 1 is 1.26 bits per heavy atom. The monoisotopic (exact) mass is 382 g/mol. The topological polar surface area (TPSA) is 62.1 Å². The van der Waals surface area contributed by atoms with Crippen molar-refractivity contribution in [3.8, 4) is 11.8 Å². The lowest BCUT2D eigenvalue weighted by Gasteiger charge is -2.11. The molecule has 0 saturated heterocycles. The van der Waals surface area contributed by atoms with Crippen molar-refractivity contribution in [2.75, 3.05) is 11.9 Å². The molecule has 27 heavy (non-hydrogen) atoms. The Bertz CT molecular complexity index is 898. The van der Waals surface area contributed by atoms with Crippen molar-refractivity contribution in [1.29, 1.82) is 5.26 Å². The molecule has 0 aliphatic carbocycles. The van der Waals surface area contributed by atoms with Crippen LogP contribution in [0, 0.1) is 25.2 Å². The van der Waals surface area contributed by atoms with Gasteiger partial charge in [-0.2, -0.15) is 5.26 Å². The summed E-state index contributed by atoms with van der Waals surface area (Å²) in [5, 5.41) is 12.8. The normalized spacial score (nSPS) is 11.0. The van der Waals surface area contributed by atoms with E-state index < -0.39 is 5.91 Å². The maximum Gasteiger partial charge on any atom is 0.266 e. The molecule has 1 amide bonds. The maximum absolute atomic E-state index is 12.6. The first-order valence-electron chi connectivity index (χ1n) is 8.87. The summed E-state index contributed by atoms with van der Waals surface area (Å²) in [6.45, 7) is 6.54. The van der Waals surface area contributed by atoms with Gasteiger partial charge in [0, 0.05) is 16.3 Å². The Kier molecular flexibility index (Phi) is 7.45. The van der Waals surface area contributed by atoms with Gasteiger partial charge in [0.25, 0.3) is 5.91 Å². The van der Waals surface area contributed by atoms with Crippen molar-refractivity contribution in [2.24, 2.45) is 0 Å². The second-order valence-corrected chi connectivity index (χ2v) is 6.76. The number of ether oxygens (including phenoxy) is 1. The van der Waals surface area contributed by atoms with Gasteiger partial charge in [0.1, 0.15) is 17.4 Å². The van der Waals surface area contributed by atoms with Crippen molar-refractivity contribution in [3.63, 3.8) is 0 Å². The zero-order valence-electron chi connectivity index (χ0n) is 15.8. The summed E-state index contributed by atoms with van der Waals surface area (Å²) in [4.78, 5) is 12.6. The lowest BCUT2D eigenvalue weighted by atomic mass is 10.1. The Balaban J connectivity index is 2.28. The van der Waals surface area contributed by atoms with Crippen LogP contribution in [-0.2, 0) is 4.79 Å². The number of rotatable bonds is 7. The predicted octanol–water partition coefficient (Wildman–Crippen LogP) is 5.68. The second-order valence-electron chi connectivity index (χ2n) is 6.33. The van der Waals surface area contributed by atoms with Crippen molar-refractivity contribution >= 4 is 29.3 Å². The first-order chi connectivity index (χ1) is 12.9. The first-order valence-corrected chi connectivity index (χ1v) is 9.25. The molecular weight excluding hydrogens is 360 g/mol. The number of benzene rings is 2. The molecular formula is C22H23ClN2O2. The molecule has 2 aromatic carbocycles. The van der Waals surface area contributed by atoms with Gasteiger partial charge in [0.05, 0.1) is 6.61 Å². The number of nitrogens with one attached hydrogen (secondary N) is 1. The van der Waals surface area contributed by atoms with Gasteiger partial charge in [0.15, 0.2) is 0 Å². The van der Waals surface area contributed by atoms with Crippen LogP contribution in [0.4, 0.5) is 5.69 Å². The number of halogens is 1. The number of aryl methyl sites for hydroxylation is 2. The number of anilines is 1. The average molecular weight is 383 g/mol. The van der Waals surface area contributed by atoms with E-state index in [0.29, 0.717) is 28.6 Å². The van der Waals surface area contributed by atoms with E-state index in [1.807, 2.05) is 38.1 Å². The van der Waals surface area contributed by atoms with Crippen LogP contribution >= 0.6 is 11.6 Å². The molecule has 0 fully saturated rings. The Labute approximate surface area is 165 Å². The third kappa shape index (κ3) is 5.87. The lowest BCUT2D eigenvalue weighted by molar-refractivity contribution is -0.112. The first kappa shape index (κ1) is 20.5. The molecule has 0 bridgehead atoms. The van der Waals surface area contributed by atoms with Gasteiger partial charge in [-0.05, 0) is 56.2 Å². The summed E-state index contributed by atoms with van der Waals surface area (Å²) in [5.74, 6) is 0.129. The molecule has 4 nitrogen and oxygen atoms in total. The maximum atomic E-state index is 12.6. The molecule has 0 saturated carbocycles. The van der Waals surface area contributed by atoms with Crippen LogP contribution in [0.1, 0.15) is 36.5 Å². The zero-order chi connectivity index (χ0) is 19.8. The third-order valence-corrected chi connectivity index (χ3v) is 4.26. The van der Waals surface area contributed by atoms with E-state index in [1.165, 1.54) is 6.08 Å². The molecule has 0 aliphatic heterocycles. The van der Waals surface area contributed by atoms with E-state index in [0.717, 1.165) is 24.0 Å². The average Bonchev–Trinajstić information content (AvgIpc) is 2.63. The number of hydrogen-bond acceptors (Lipinski definition) is 3. The quantitative estimate of drug-likeness (QED) is 0.380. The highest BCUT2D eigenvalue weighted by Gasteiger charge is 2.13. The number of carbonyl (C=O) groups excluding carboxylic acids is 1. The van der Waals surface area contributed by atoms with Gasteiger partial charge in [-0.25, -0.2) is 0 Å². The summed E-state index contributed by atoms with van der Waals surface area (Å²) in [6.07, 6.45) is 3.44. The van der Waals surface area contributed by atoms with Crippen molar-refractivity contribution in [1.82, 2.24) is 0 Å². The SMILES string of the molecule is CCCCOc1ccc(Cl)cc1/C=C(\C#N)C(=O)Nc1ccc(C)cc1C. The van der Waals surface area contributed by atoms with E-state index in [9.17, 15) is 10.1 Å². The van der Waals surface area contributed by atoms with E-state index >= 15 is 0 Å². The lowest BCUT2D eigenvalue weighted by Crippen LogP contribution is -2.14. The summed E-state index contributed by atoms with van der Waals surface area (Å²) < 4.78 is 5.76. The fourth-order valence-corrected chi connectivity index (χ4v) is 2.72. The number of nitrogens with zero attached hydrogens (tertiary/aromatic N) is 1. The molecule has 1 N–H and O–H groups in total. The van der Waals surface area contributed by atoms with Gasteiger partial charge in [-0.3, -0.25) is 4.79 Å². The van der Waals surface area contributed by atoms with E-state index in [-0.39, 0.29) is 5.57 Å². The minimum absolute atomic E-state index is 0.0161. The van der Waals surface area contributed by atoms with Gasteiger partial charge in [-0.15, -0.1) is 0 Å². The molecule has 2 aromatic rings. The fraction of sp³-hybridized carbons (Fsp3) is 0.273. The molecule has 0 heterocycles. The molecule has 0 spiro atoms. The Morgan fingerprint density at radius 3 is 2.70 bits per heavy atom. The smallest absolute Gasteiger partial charge is 0.266 e. The van der Waals surface area contributed by atoms with Crippen LogP contribution in [-0.4, -0.2) is 12.5 Å². The molecule has 0 radical (unpaired) electrons. The minimum Gasteiger partial charge on any atom is -0.493 e. The van der Waals surface area contributed by atoms with E-state index in [2.05, 4.69) is 12.2 Å². The molecule has 0 unspecified atom stereocenters. The minimum atomic E-state index is -0.469. The molecule has 2 rings (SSSR count). The van der Waals surface area contributed by atoms with Gasteiger partial charge < -0.3 is 10.1 Å². The van der Waals surface area contributed by atoms with Crippen LogP contribution in [0.5, 0.6) is 5.75 Å². The highest BCUT2D eigenvalue weighted by Crippen LogP contribution is 2.26. The van der Waals surface area contributed by atoms with Crippen LogP contribution in [0.2, 0.25) is 5.02 Å². The Hall–Kier alpha value is -2.77. The largest absolute Gasteiger partial charge is 0.493 e. The third-order valence-electron chi connectivity index (χ3n) is 4.02. The number of hydrogen-bond donors (Lipinski definition) is 1. The van der Waals surface area contributed by atoms with Crippen molar-refractivity contribution < 1.29 is 9.53 Å². The summed E-state index contributed by atoms with van der Waals surface area (Å²) in [5.41, 5.74) is 3.31. The standard InChI is InChI=1S/C22H23ClN2O2/c1-4-5-10-27-21-9-7-19(23)13-17(21)12-18(14-24)22(26)25-20-8-6-15(2)11-16(20)3/h6-9,11-13H,4-5,10H2,1-3H3,(H,25,26)/b18-12+. The summed E-state index contributed by atoms with van der Waals surface area (Å²) in [7, 11) is 0. The summed E-state index contributed by atoms with van der Waals surface area (Å²) >= 11 is 6.08. The van der Waals surface area contributed by atoms with Crippen LogP contribution in [0.3, 0.4) is 0 Å². The number of carbonyl (C=O) groups is 1. The van der Waals surface area contributed by atoms with Crippen LogP contribution in [0.15, 0.2) is 42.0 Å². The Morgan fingerprint density at radius 2 is 2.04 bits per heavy atom. The van der Waals surface area contributed by atoms with Crippen molar-refractivity contribution in [3.05, 3.63) is 63.7 Å². The zero-order valence-corrected chi connectivity index (χ0v) is 16.6. The summed E-state index contributed by atoms with van der Waals surface area (Å²) in [6, 6.07) is 12.8. The molecule has 0 atom stereocenters. The molecule has 140 valence electrons. The van der Waals surface area contributed by atoms with E-state index in [4.69, 9.17) is 16.3 Å².